The number of carbonyl (C=O) groups excluding carboxylic acids is 2. The Morgan fingerprint density at radius 1 is 1.12 bits per heavy atom. The molecule has 0 aromatic heterocycles. The predicted octanol–water partition coefficient (Wildman–Crippen LogP) is -0.198. The van der Waals surface area contributed by atoms with E-state index in [1.54, 1.807) is 19.2 Å². The monoisotopic (exact) mass is 335 g/mol. The number of hydrogen-bond donors (Lipinski definition) is 2. The van der Waals surface area contributed by atoms with Crippen LogP contribution in [-0.2, 0) is 20.7 Å². The molecule has 1 heterocycles. The Balaban J connectivity index is 1.59. The van der Waals surface area contributed by atoms with E-state index in [1.165, 1.54) is 0 Å². The summed E-state index contributed by atoms with van der Waals surface area (Å²) in [4.78, 5) is 25.8. The van der Waals surface area contributed by atoms with Crippen LogP contribution in [0.1, 0.15) is 5.56 Å². The molecule has 0 saturated carbocycles. The Hall–Kier alpha value is -2.12. The number of nitrogens with one attached hydrogen (secondary N) is 2. The van der Waals surface area contributed by atoms with Gasteiger partial charge in [-0.2, -0.15) is 0 Å². The summed E-state index contributed by atoms with van der Waals surface area (Å²) in [5.41, 5.74) is 0.876. The SMILES string of the molecule is COc1ccc(CC(=O)NCC(=O)NCCN2CCOCC2)cc1. The van der Waals surface area contributed by atoms with Gasteiger partial charge in [-0.15, -0.1) is 0 Å². The van der Waals surface area contributed by atoms with Crippen molar-refractivity contribution in [3.63, 3.8) is 0 Å². The van der Waals surface area contributed by atoms with Crippen LogP contribution in [0.15, 0.2) is 24.3 Å². The van der Waals surface area contributed by atoms with Crippen LogP contribution in [0.2, 0.25) is 0 Å². The third kappa shape index (κ3) is 6.55. The van der Waals surface area contributed by atoms with Crippen molar-refractivity contribution in [1.82, 2.24) is 15.5 Å². The molecule has 0 bridgehead atoms. The van der Waals surface area contributed by atoms with Gasteiger partial charge in [-0.25, -0.2) is 0 Å². The standard InChI is InChI=1S/C17H25N3O4/c1-23-15-4-2-14(3-5-15)12-16(21)19-13-17(22)18-6-7-20-8-10-24-11-9-20/h2-5H,6-13H2,1H3,(H,18,22)(H,19,21). The first kappa shape index (κ1) is 18.2. The summed E-state index contributed by atoms with van der Waals surface area (Å²) in [5.74, 6) is 0.397. The number of amides is 2. The van der Waals surface area contributed by atoms with Crippen molar-refractivity contribution in [3.8, 4) is 5.75 Å². The number of methoxy groups -OCH3 is 1. The average molecular weight is 335 g/mol. The van der Waals surface area contributed by atoms with Crippen LogP contribution >= 0.6 is 0 Å². The van der Waals surface area contributed by atoms with Crippen LogP contribution < -0.4 is 15.4 Å². The summed E-state index contributed by atoms with van der Waals surface area (Å²) >= 11 is 0. The van der Waals surface area contributed by atoms with Crippen LogP contribution in [0.5, 0.6) is 5.75 Å². The molecule has 1 saturated heterocycles. The summed E-state index contributed by atoms with van der Waals surface area (Å²) in [6, 6.07) is 7.28. The van der Waals surface area contributed by atoms with Crippen LogP contribution in [0, 0.1) is 0 Å². The van der Waals surface area contributed by atoms with E-state index in [1.807, 2.05) is 12.1 Å². The number of hydrogen-bond acceptors (Lipinski definition) is 5. The Morgan fingerprint density at radius 2 is 1.83 bits per heavy atom. The summed E-state index contributed by atoms with van der Waals surface area (Å²) in [6.45, 7) is 4.66. The van der Waals surface area contributed by atoms with Crippen molar-refractivity contribution < 1.29 is 19.1 Å². The molecule has 0 unspecified atom stereocenters. The van der Waals surface area contributed by atoms with Gasteiger partial charge in [-0.1, -0.05) is 12.1 Å². The highest BCUT2D eigenvalue weighted by Crippen LogP contribution is 2.11. The summed E-state index contributed by atoms with van der Waals surface area (Å²) < 4.78 is 10.3. The lowest BCUT2D eigenvalue weighted by Gasteiger charge is -2.26. The van der Waals surface area contributed by atoms with Crippen LogP contribution in [-0.4, -0.2) is 69.8 Å². The van der Waals surface area contributed by atoms with Crippen molar-refractivity contribution in [3.05, 3.63) is 29.8 Å². The van der Waals surface area contributed by atoms with Gasteiger partial charge in [0.25, 0.3) is 0 Å². The summed E-state index contributed by atoms with van der Waals surface area (Å²) in [5, 5.41) is 5.44. The number of carbonyl (C=O) groups is 2. The third-order valence-corrected chi connectivity index (χ3v) is 3.82. The molecule has 1 aliphatic rings. The van der Waals surface area contributed by atoms with Gasteiger partial charge >= 0.3 is 0 Å². The van der Waals surface area contributed by atoms with Crippen LogP contribution in [0.4, 0.5) is 0 Å². The molecule has 2 amide bonds. The van der Waals surface area contributed by atoms with Crippen molar-refractivity contribution in [2.75, 3.05) is 53.0 Å². The fourth-order valence-corrected chi connectivity index (χ4v) is 2.41. The zero-order valence-electron chi connectivity index (χ0n) is 14.0. The minimum Gasteiger partial charge on any atom is -0.497 e. The predicted molar refractivity (Wildman–Crippen MR) is 90.0 cm³/mol. The molecule has 7 heteroatoms. The number of benzene rings is 1. The summed E-state index contributed by atoms with van der Waals surface area (Å²) in [7, 11) is 1.60. The molecule has 2 N–H and O–H groups in total. The average Bonchev–Trinajstić information content (AvgIpc) is 2.61. The van der Waals surface area contributed by atoms with Gasteiger partial charge in [0.15, 0.2) is 0 Å². The molecule has 0 radical (unpaired) electrons. The normalized spacial score (nSPS) is 14.9. The topological polar surface area (TPSA) is 79.9 Å². The Morgan fingerprint density at radius 3 is 2.50 bits per heavy atom. The first-order valence-electron chi connectivity index (χ1n) is 8.14. The number of nitrogens with zero attached hydrogens (tertiary/aromatic N) is 1. The highest BCUT2D eigenvalue weighted by Gasteiger charge is 2.10. The second-order valence-electron chi connectivity index (χ2n) is 5.61. The fourth-order valence-electron chi connectivity index (χ4n) is 2.41. The maximum atomic E-state index is 11.8. The largest absolute Gasteiger partial charge is 0.497 e. The molecular formula is C17H25N3O4. The van der Waals surface area contributed by atoms with E-state index in [4.69, 9.17) is 9.47 Å². The lowest BCUT2D eigenvalue weighted by atomic mass is 10.1. The number of rotatable bonds is 8. The van der Waals surface area contributed by atoms with E-state index in [0.717, 1.165) is 44.2 Å². The molecule has 0 atom stereocenters. The van der Waals surface area contributed by atoms with Crippen molar-refractivity contribution >= 4 is 11.8 Å². The molecule has 24 heavy (non-hydrogen) atoms. The molecule has 0 aliphatic carbocycles. The number of morpholine rings is 1. The minimum absolute atomic E-state index is 0.00189. The minimum atomic E-state index is -0.177. The van der Waals surface area contributed by atoms with Gasteiger partial charge in [-0.05, 0) is 17.7 Å². The second-order valence-corrected chi connectivity index (χ2v) is 5.61. The van der Waals surface area contributed by atoms with E-state index >= 15 is 0 Å². The smallest absolute Gasteiger partial charge is 0.239 e. The molecule has 1 aliphatic heterocycles. The molecule has 7 nitrogen and oxygen atoms in total. The lowest BCUT2D eigenvalue weighted by molar-refractivity contribution is -0.125. The fraction of sp³-hybridized carbons (Fsp3) is 0.529. The first-order chi connectivity index (χ1) is 11.7. The van der Waals surface area contributed by atoms with E-state index in [2.05, 4.69) is 15.5 Å². The Kier molecular flexibility index (Phi) is 7.51. The quantitative estimate of drug-likeness (QED) is 0.688. The molecular weight excluding hydrogens is 310 g/mol. The zero-order chi connectivity index (χ0) is 17.2. The van der Waals surface area contributed by atoms with Gasteiger partial charge in [0, 0.05) is 26.2 Å². The van der Waals surface area contributed by atoms with E-state index < -0.39 is 0 Å². The molecule has 1 fully saturated rings. The van der Waals surface area contributed by atoms with Crippen molar-refractivity contribution in [1.29, 1.82) is 0 Å². The number of ether oxygens (including phenoxy) is 2. The summed E-state index contributed by atoms with van der Waals surface area (Å²) in [6.07, 6.45) is 0.241. The van der Waals surface area contributed by atoms with E-state index in [-0.39, 0.29) is 24.8 Å². The maximum Gasteiger partial charge on any atom is 0.239 e. The second kappa shape index (κ2) is 9.89. The zero-order valence-corrected chi connectivity index (χ0v) is 14.0. The molecule has 1 aromatic rings. The Bertz CT molecular complexity index is 527. The lowest BCUT2D eigenvalue weighted by Crippen LogP contribution is -2.43. The first-order valence-corrected chi connectivity index (χ1v) is 8.14. The third-order valence-electron chi connectivity index (χ3n) is 3.82. The highest BCUT2D eigenvalue weighted by atomic mass is 16.5. The molecule has 1 aromatic carbocycles. The van der Waals surface area contributed by atoms with Crippen LogP contribution in [0.25, 0.3) is 0 Å². The van der Waals surface area contributed by atoms with Gasteiger partial charge in [0.1, 0.15) is 5.75 Å². The maximum absolute atomic E-state index is 11.8. The van der Waals surface area contributed by atoms with E-state index in [9.17, 15) is 9.59 Å². The van der Waals surface area contributed by atoms with Crippen molar-refractivity contribution in [2.24, 2.45) is 0 Å². The van der Waals surface area contributed by atoms with Gasteiger partial charge < -0.3 is 20.1 Å². The Labute approximate surface area is 142 Å². The van der Waals surface area contributed by atoms with Gasteiger partial charge in [0.05, 0.1) is 33.3 Å². The highest BCUT2D eigenvalue weighted by molar-refractivity contribution is 5.85. The van der Waals surface area contributed by atoms with Crippen LogP contribution in [0.3, 0.4) is 0 Å². The molecule has 132 valence electrons. The molecule has 2 rings (SSSR count). The van der Waals surface area contributed by atoms with Gasteiger partial charge in [0.2, 0.25) is 11.8 Å². The molecule has 0 spiro atoms. The van der Waals surface area contributed by atoms with E-state index in [0.29, 0.717) is 6.54 Å². The van der Waals surface area contributed by atoms with Crippen molar-refractivity contribution in [2.45, 2.75) is 6.42 Å². The van der Waals surface area contributed by atoms with Gasteiger partial charge in [-0.3, -0.25) is 14.5 Å².